The standard InChI is InChI=1S/C9H13N.C2H6.V/c1-2-4-8-5-3-6-9(10)7-8;1-2;/h3,5-7H,2,4,10H2,1H3;1-2H3;. The number of anilines is 1. The van der Waals surface area contributed by atoms with Gasteiger partial charge < -0.3 is 5.73 Å². The predicted molar refractivity (Wildman–Crippen MR) is 56.2 cm³/mol. The Balaban J connectivity index is 0. The molecule has 0 unspecified atom stereocenters. The third kappa shape index (κ3) is 6.74. The molecule has 0 aliphatic carbocycles. The summed E-state index contributed by atoms with van der Waals surface area (Å²) in [6.45, 7) is 6.17. The summed E-state index contributed by atoms with van der Waals surface area (Å²) in [6, 6.07) is 8.06. The SMILES string of the molecule is CC.CCCc1cccc(N)c1.[V]. The van der Waals surface area contributed by atoms with Gasteiger partial charge in [0.05, 0.1) is 0 Å². The van der Waals surface area contributed by atoms with Crippen LogP contribution in [0.5, 0.6) is 0 Å². The molecule has 1 radical (unpaired) electrons. The van der Waals surface area contributed by atoms with Crippen molar-refractivity contribution in [2.24, 2.45) is 0 Å². The van der Waals surface area contributed by atoms with Crippen LogP contribution in [0, 0.1) is 0 Å². The zero-order chi connectivity index (χ0) is 9.40. The van der Waals surface area contributed by atoms with Gasteiger partial charge in [-0.25, -0.2) is 0 Å². The van der Waals surface area contributed by atoms with Crippen molar-refractivity contribution in [3.05, 3.63) is 29.8 Å². The molecule has 2 heteroatoms. The largest absolute Gasteiger partial charge is 0.399 e. The van der Waals surface area contributed by atoms with Crippen molar-refractivity contribution in [1.82, 2.24) is 0 Å². The van der Waals surface area contributed by atoms with Crippen LogP contribution in [0.3, 0.4) is 0 Å². The minimum Gasteiger partial charge on any atom is -0.399 e. The molecule has 0 saturated heterocycles. The molecule has 0 spiro atoms. The molecule has 73 valence electrons. The van der Waals surface area contributed by atoms with E-state index >= 15 is 0 Å². The molecule has 0 heterocycles. The van der Waals surface area contributed by atoms with Gasteiger partial charge in [-0.3, -0.25) is 0 Å². The third-order valence-electron chi connectivity index (χ3n) is 1.49. The van der Waals surface area contributed by atoms with E-state index in [2.05, 4.69) is 13.0 Å². The first-order valence-corrected chi connectivity index (χ1v) is 4.67. The molecule has 13 heavy (non-hydrogen) atoms. The van der Waals surface area contributed by atoms with E-state index in [4.69, 9.17) is 5.73 Å². The van der Waals surface area contributed by atoms with Gasteiger partial charge in [0.1, 0.15) is 0 Å². The summed E-state index contributed by atoms with van der Waals surface area (Å²) in [7, 11) is 0. The molecule has 2 N–H and O–H groups in total. The van der Waals surface area contributed by atoms with Crippen LogP contribution in [-0.4, -0.2) is 0 Å². The second-order valence-corrected chi connectivity index (χ2v) is 2.50. The Kier molecular flexibility index (Phi) is 11.3. The van der Waals surface area contributed by atoms with E-state index in [-0.39, 0.29) is 18.6 Å². The Bertz CT molecular complexity index is 211. The van der Waals surface area contributed by atoms with E-state index in [1.807, 2.05) is 32.0 Å². The molecule has 0 aromatic heterocycles. The molecule has 0 aliphatic rings. The van der Waals surface area contributed by atoms with E-state index in [0.717, 1.165) is 12.1 Å². The molecular formula is C11H19NV. The Morgan fingerprint density at radius 2 is 1.85 bits per heavy atom. The molecule has 0 aliphatic heterocycles. The van der Waals surface area contributed by atoms with Crippen LogP contribution >= 0.6 is 0 Å². The number of nitrogen functional groups attached to an aromatic ring is 1. The van der Waals surface area contributed by atoms with Gasteiger partial charge in [-0.15, -0.1) is 0 Å². The zero-order valence-electron chi connectivity index (χ0n) is 8.75. The summed E-state index contributed by atoms with van der Waals surface area (Å²) in [6.07, 6.45) is 2.31. The Morgan fingerprint density at radius 3 is 2.31 bits per heavy atom. The van der Waals surface area contributed by atoms with Crippen molar-refractivity contribution in [2.75, 3.05) is 5.73 Å². The van der Waals surface area contributed by atoms with E-state index < -0.39 is 0 Å². The maximum atomic E-state index is 5.59. The summed E-state index contributed by atoms with van der Waals surface area (Å²) in [4.78, 5) is 0. The maximum absolute atomic E-state index is 5.59. The van der Waals surface area contributed by atoms with Crippen molar-refractivity contribution in [3.63, 3.8) is 0 Å². The molecule has 1 rings (SSSR count). The number of rotatable bonds is 2. The summed E-state index contributed by atoms with van der Waals surface area (Å²) in [5.41, 5.74) is 7.79. The Morgan fingerprint density at radius 1 is 1.23 bits per heavy atom. The quantitative estimate of drug-likeness (QED) is 0.754. The summed E-state index contributed by atoms with van der Waals surface area (Å²) in [5, 5.41) is 0. The molecule has 1 aromatic carbocycles. The number of aryl methyl sites for hydroxylation is 1. The fourth-order valence-corrected chi connectivity index (χ4v) is 1.04. The van der Waals surface area contributed by atoms with Crippen LogP contribution in [0.25, 0.3) is 0 Å². The molecule has 0 atom stereocenters. The van der Waals surface area contributed by atoms with Gasteiger partial charge in [0.15, 0.2) is 0 Å². The number of benzene rings is 1. The fraction of sp³-hybridized carbons (Fsp3) is 0.455. The smallest absolute Gasteiger partial charge is 0.0316 e. The average Bonchev–Trinajstić information content (AvgIpc) is 2.09. The van der Waals surface area contributed by atoms with Crippen molar-refractivity contribution >= 4 is 5.69 Å². The van der Waals surface area contributed by atoms with Gasteiger partial charge >= 0.3 is 0 Å². The summed E-state index contributed by atoms with van der Waals surface area (Å²) < 4.78 is 0. The molecular weight excluding hydrogens is 197 g/mol. The van der Waals surface area contributed by atoms with Crippen LogP contribution in [0.15, 0.2) is 24.3 Å². The van der Waals surface area contributed by atoms with Gasteiger partial charge in [-0.2, -0.15) is 0 Å². The van der Waals surface area contributed by atoms with Crippen LogP contribution in [0.4, 0.5) is 5.69 Å². The van der Waals surface area contributed by atoms with Crippen LogP contribution in [-0.2, 0) is 25.0 Å². The minimum absolute atomic E-state index is 0. The first-order chi connectivity index (χ1) is 5.83. The predicted octanol–water partition coefficient (Wildman–Crippen LogP) is 3.25. The van der Waals surface area contributed by atoms with E-state index in [0.29, 0.717) is 0 Å². The van der Waals surface area contributed by atoms with Crippen molar-refractivity contribution in [3.8, 4) is 0 Å². The second kappa shape index (κ2) is 9.69. The topological polar surface area (TPSA) is 26.0 Å². The first-order valence-electron chi connectivity index (χ1n) is 4.67. The average molecular weight is 216 g/mol. The molecule has 0 saturated carbocycles. The Hall–Kier alpha value is -0.396. The maximum Gasteiger partial charge on any atom is 0.0316 e. The number of hydrogen-bond donors (Lipinski definition) is 1. The molecule has 0 bridgehead atoms. The molecule has 1 aromatic rings. The van der Waals surface area contributed by atoms with Gasteiger partial charge in [0, 0.05) is 24.2 Å². The van der Waals surface area contributed by atoms with Crippen LogP contribution < -0.4 is 5.73 Å². The number of hydrogen-bond acceptors (Lipinski definition) is 1. The van der Waals surface area contributed by atoms with Crippen molar-refractivity contribution in [1.29, 1.82) is 0 Å². The Labute approximate surface area is 93.6 Å². The monoisotopic (exact) mass is 216 g/mol. The summed E-state index contributed by atoms with van der Waals surface area (Å²) >= 11 is 0. The summed E-state index contributed by atoms with van der Waals surface area (Å²) in [5.74, 6) is 0. The molecule has 0 fully saturated rings. The van der Waals surface area contributed by atoms with Gasteiger partial charge in [-0.05, 0) is 24.1 Å². The fourth-order valence-electron chi connectivity index (χ4n) is 1.04. The number of nitrogens with two attached hydrogens (primary N) is 1. The van der Waals surface area contributed by atoms with Gasteiger partial charge in [0.25, 0.3) is 0 Å². The van der Waals surface area contributed by atoms with E-state index in [9.17, 15) is 0 Å². The normalized spacial score (nSPS) is 7.92. The third-order valence-corrected chi connectivity index (χ3v) is 1.49. The van der Waals surface area contributed by atoms with Crippen molar-refractivity contribution < 1.29 is 18.6 Å². The van der Waals surface area contributed by atoms with Crippen LogP contribution in [0.1, 0.15) is 32.8 Å². The van der Waals surface area contributed by atoms with Crippen LogP contribution in [0.2, 0.25) is 0 Å². The van der Waals surface area contributed by atoms with Crippen molar-refractivity contribution in [2.45, 2.75) is 33.6 Å². The molecule has 1 nitrogen and oxygen atoms in total. The van der Waals surface area contributed by atoms with Gasteiger partial charge in [0.2, 0.25) is 0 Å². The van der Waals surface area contributed by atoms with E-state index in [1.165, 1.54) is 12.0 Å². The first kappa shape index (κ1) is 15.1. The zero-order valence-corrected chi connectivity index (χ0v) is 10.1. The van der Waals surface area contributed by atoms with Gasteiger partial charge in [-0.1, -0.05) is 39.3 Å². The minimum atomic E-state index is 0. The molecule has 0 amide bonds. The van der Waals surface area contributed by atoms with E-state index in [1.54, 1.807) is 0 Å². The second-order valence-electron chi connectivity index (χ2n) is 2.50.